The Morgan fingerprint density at radius 1 is 1.64 bits per heavy atom. The summed E-state index contributed by atoms with van der Waals surface area (Å²) in [7, 11) is 0. The van der Waals surface area contributed by atoms with E-state index in [4.69, 9.17) is 5.73 Å². The van der Waals surface area contributed by atoms with Crippen LogP contribution in [0, 0.1) is 0 Å². The average Bonchev–Trinajstić information content (AvgIpc) is 2.70. The summed E-state index contributed by atoms with van der Waals surface area (Å²) >= 11 is 0. The van der Waals surface area contributed by atoms with Gasteiger partial charge in [0, 0.05) is 29.7 Å². The zero-order valence-corrected chi connectivity index (χ0v) is 7.91. The highest BCUT2D eigenvalue weighted by Gasteiger charge is 2.26. The number of pyridine rings is 1. The molecule has 3 nitrogen and oxygen atoms in total. The van der Waals surface area contributed by atoms with Crippen LogP contribution in [0.5, 0.6) is 0 Å². The van der Waals surface area contributed by atoms with Crippen molar-refractivity contribution in [2.45, 2.75) is 25.1 Å². The molecule has 2 atom stereocenters. The number of halogens is 1. The van der Waals surface area contributed by atoms with Gasteiger partial charge in [0.25, 0.3) is 0 Å². The number of hydrogen-bond acceptors (Lipinski definition) is 3. The first kappa shape index (κ1) is 9.40. The SMILES string of the molecule is Nc1ccncc1C(F)C1CCCN1. The van der Waals surface area contributed by atoms with Crippen molar-refractivity contribution in [3.63, 3.8) is 0 Å². The number of nitrogens with one attached hydrogen (secondary N) is 1. The third-order valence-electron chi connectivity index (χ3n) is 2.64. The molecule has 0 bridgehead atoms. The van der Waals surface area contributed by atoms with Crippen LogP contribution in [0.25, 0.3) is 0 Å². The van der Waals surface area contributed by atoms with E-state index in [1.807, 2.05) is 0 Å². The number of nitrogens with two attached hydrogens (primary N) is 1. The van der Waals surface area contributed by atoms with Gasteiger partial charge in [-0.1, -0.05) is 0 Å². The van der Waals surface area contributed by atoms with Crippen molar-refractivity contribution in [2.24, 2.45) is 0 Å². The molecule has 0 aromatic carbocycles. The predicted molar refractivity (Wildman–Crippen MR) is 53.5 cm³/mol. The quantitative estimate of drug-likeness (QED) is 0.750. The maximum absolute atomic E-state index is 13.9. The summed E-state index contributed by atoms with van der Waals surface area (Å²) in [5.74, 6) is 0. The van der Waals surface area contributed by atoms with E-state index in [1.165, 1.54) is 6.20 Å². The normalized spacial score (nSPS) is 23.6. The Morgan fingerprint density at radius 2 is 2.50 bits per heavy atom. The minimum absolute atomic E-state index is 0.0958. The lowest BCUT2D eigenvalue weighted by molar-refractivity contribution is 0.271. The van der Waals surface area contributed by atoms with Crippen LogP contribution in [0.1, 0.15) is 24.6 Å². The van der Waals surface area contributed by atoms with Gasteiger partial charge in [0.2, 0.25) is 0 Å². The summed E-state index contributed by atoms with van der Waals surface area (Å²) in [6, 6.07) is 1.54. The summed E-state index contributed by atoms with van der Waals surface area (Å²) < 4.78 is 13.9. The molecule has 3 N–H and O–H groups in total. The fourth-order valence-corrected chi connectivity index (χ4v) is 1.83. The van der Waals surface area contributed by atoms with E-state index in [2.05, 4.69) is 10.3 Å². The van der Waals surface area contributed by atoms with Crippen molar-refractivity contribution in [3.05, 3.63) is 24.0 Å². The number of hydrogen-bond donors (Lipinski definition) is 2. The lowest BCUT2D eigenvalue weighted by Crippen LogP contribution is -2.27. The van der Waals surface area contributed by atoms with Gasteiger partial charge >= 0.3 is 0 Å². The van der Waals surface area contributed by atoms with Crippen LogP contribution in [-0.4, -0.2) is 17.6 Å². The van der Waals surface area contributed by atoms with Gasteiger partial charge in [-0.25, -0.2) is 4.39 Å². The van der Waals surface area contributed by atoms with Crippen molar-refractivity contribution in [2.75, 3.05) is 12.3 Å². The second-order valence-corrected chi connectivity index (χ2v) is 3.61. The number of nitrogen functional groups attached to an aromatic ring is 1. The number of alkyl halides is 1. The van der Waals surface area contributed by atoms with E-state index in [0.717, 1.165) is 19.4 Å². The Hall–Kier alpha value is -1.16. The number of nitrogens with zero attached hydrogens (tertiary/aromatic N) is 1. The Balaban J connectivity index is 2.17. The third kappa shape index (κ3) is 1.70. The maximum Gasteiger partial charge on any atom is 0.144 e. The van der Waals surface area contributed by atoms with Gasteiger partial charge in [0.1, 0.15) is 6.17 Å². The molecule has 0 aliphatic carbocycles. The highest BCUT2D eigenvalue weighted by molar-refractivity contribution is 5.46. The Bertz CT molecular complexity index is 310. The molecule has 76 valence electrons. The van der Waals surface area contributed by atoms with E-state index in [1.54, 1.807) is 12.3 Å². The van der Waals surface area contributed by atoms with E-state index >= 15 is 0 Å². The van der Waals surface area contributed by atoms with Crippen molar-refractivity contribution in [3.8, 4) is 0 Å². The standard InChI is InChI=1S/C10H14FN3/c11-10(9-2-1-4-14-9)7-6-13-5-3-8(7)12/h3,5-6,9-10,14H,1-2,4H2,(H2,12,13). The second-order valence-electron chi connectivity index (χ2n) is 3.61. The zero-order valence-electron chi connectivity index (χ0n) is 7.91. The van der Waals surface area contributed by atoms with Crippen LogP contribution in [0.3, 0.4) is 0 Å². The number of rotatable bonds is 2. The van der Waals surface area contributed by atoms with E-state index in [0.29, 0.717) is 11.3 Å². The monoisotopic (exact) mass is 195 g/mol. The molecule has 0 saturated carbocycles. The Morgan fingerprint density at radius 3 is 3.14 bits per heavy atom. The minimum Gasteiger partial charge on any atom is -0.398 e. The first-order valence-corrected chi connectivity index (χ1v) is 4.86. The van der Waals surface area contributed by atoms with Gasteiger partial charge in [-0.3, -0.25) is 4.98 Å². The highest BCUT2D eigenvalue weighted by Crippen LogP contribution is 2.29. The fraction of sp³-hybridized carbons (Fsp3) is 0.500. The molecule has 1 saturated heterocycles. The largest absolute Gasteiger partial charge is 0.398 e. The van der Waals surface area contributed by atoms with Crippen molar-refractivity contribution in [1.82, 2.24) is 10.3 Å². The van der Waals surface area contributed by atoms with E-state index in [-0.39, 0.29) is 6.04 Å². The topological polar surface area (TPSA) is 50.9 Å². The molecule has 2 unspecified atom stereocenters. The van der Waals surface area contributed by atoms with Crippen molar-refractivity contribution in [1.29, 1.82) is 0 Å². The molecule has 0 spiro atoms. The third-order valence-corrected chi connectivity index (χ3v) is 2.64. The molecule has 4 heteroatoms. The fourth-order valence-electron chi connectivity index (χ4n) is 1.83. The second kappa shape index (κ2) is 3.92. The number of aromatic nitrogens is 1. The van der Waals surface area contributed by atoms with Crippen LogP contribution < -0.4 is 11.1 Å². The number of anilines is 1. The van der Waals surface area contributed by atoms with Crippen LogP contribution in [0.15, 0.2) is 18.5 Å². The molecule has 1 fully saturated rings. The summed E-state index contributed by atoms with van der Waals surface area (Å²) in [4.78, 5) is 3.89. The molecule has 0 radical (unpaired) electrons. The molecule has 1 aliphatic rings. The molecule has 1 aromatic rings. The molecular weight excluding hydrogens is 181 g/mol. The summed E-state index contributed by atoms with van der Waals surface area (Å²) in [5.41, 5.74) is 6.67. The smallest absolute Gasteiger partial charge is 0.144 e. The van der Waals surface area contributed by atoms with Crippen molar-refractivity contribution < 1.29 is 4.39 Å². The molecule has 2 heterocycles. The van der Waals surface area contributed by atoms with Gasteiger partial charge in [-0.2, -0.15) is 0 Å². The maximum atomic E-state index is 13.9. The summed E-state index contributed by atoms with van der Waals surface area (Å²) in [6.45, 7) is 0.894. The minimum atomic E-state index is -1.04. The van der Waals surface area contributed by atoms with Gasteiger partial charge < -0.3 is 11.1 Å². The van der Waals surface area contributed by atoms with Gasteiger partial charge in [0.05, 0.1) is 0 Å². The van der Waals surface area contributed by atoms with Gasteiger partial charge in [-0.15, -0.1) is 0 Å². The molecular formula is C10H14FN3. The molecule has 0 amide bonds. The van der Waals surface area contributed by atoms with Gasteiger partial charge in [-0.05, 0) is 25.5 Å². The van der Waals surface area contributed by atoms with Crippen LogP contribution >= 0.6 is 0 Å². The summed E-state index contributed by atoms with van der Waals surface area (Å²) in [6.07, 6.45) is 3.96. The van der Waals surface area contributed by atoms with Crippen molar-refractivity contribution >= 4 is 5.69 Å². The molecule has 2 rings (SSSR count). The van der Waals surface area contributed by atoms with E-state index < -0.39 is 6.17 Å². The first-order chi connectivity index (χ1) is 6.79. The lowest BCUT2D eigenvalue weighted by atomic mass is 10.0. The van der Waals surface area contributed by atoms with Crippen LogP contribution in [0.2, 0.25) is 0 Å². The molecule has 1 aliphatic heterocycles. The summed E-state index contributed by atoms with van der Waals surface area (Å²) in [5, 5.41) is 3.12. The Labute approximate surface area is 82.5 Å². The first-order valence-electron chi connectivity index (χ1n) is 4.86. The van der Waals surface area contributed by atoms with Crippen LogP contribution in [0.4, 0.5) is 10.1 Å². The average molecular weight is 195 g/mol. The van der Waals surface area contributed by atoms with Gasteiger partial charge in [0.15, 0.2) is 0 Å². The molecule has 1 aromatic heterocycles. The molecule has 14 heavy (non-hydrogen) atoms. The lowest BCUT2D eigenvalue weighted by Gasteiger charge is -2.17. The Kier molecular flexibility index (Phi) is 2.63. The predicted octanol–water partition coefficient (Wildman–Crippen LogP) is 1.43. The van der Waals surface area contributed by atoms with E-state index in [9.17, 15) is 4.39 Å². The van der Waals surface area contributed by atoms with Crippen LogP contribution in [-0.2, 0) is 0 Å². The zero-order chi connectivity index (χ0) is 9.97. The highest BCUT2D eigenvalue weighted by atomic mass is 19.1.